The number of hydrogen-bond acceptors (Lipinski definition) is 3. The Morgan fingerprint density at radius 1 is 0.732 bits per heavy atom. The fourth-order valence-corrected chi connectivity index (χ4v) is 12.3. The number of hydrogen-bond donors (Lipinski definition) is 1. The van der Waals surface area contributed by atoms with Crippen molar-refractivity contribution in [1.82, 2.24) is 9.88 Å². The molecule has 0 aliphatic heterocycles. The molecule has 0 radical (unpaired) electrons. The van der Waals surface area contributed by atoms with E-state index >= 15 is 4.79 Å². The fraction of sp³-hybridized carbons (Fsp3) is 0.629. The standard InChI is InChI=1S/C35H41BrN2O3/c1-19-29(31(27-3-5-28(36)6-4-27)30(33(40)41)20(2)37-19)32(39)38(34-13-21-7-22(14-34)9-23(8-21)15-34)35-16-24-10-25(17-35)12-26(11-24)18-35/h3-6,21-26H,7-18H2,1-2H3,(H,40,41). The number of aromatic nitrogens is 1. The SMILES string of the molecule is Cc1nc(C)c(C(=O)N(C23CC4CC(CC(C4)C2)C3)C23CC4CC(CC(C4)C2)C3)c(-c2ccc(Br)cc2)c1C(=O)O. The van der Waals surface area contributed by atoms with Crippen molar-refractivity contribution in [2.24, 2.45) is 35.5 Å². The Kier molecular flexibility index (Phi) is 5.89. The number of carboxylic acid groups (broad SMARTS) is 1. The number of carbonyl (C=O) groups excluding carboxylic acids is 1. The van der Waals surface area contributed by atoms with Crippen molar-refractivity contribution < 1.29 is 14.7 Å². The number of benzene rings is 1. The van der Waals surface area contributed by atoms with Crippen molar-refractivity contribution in [2.45, 2.75) is 102 Å². The molecule has 1 aromatic carbocycles. The number of carbonyl (C=O) groups is 2. The Bertz CT molecular complexity index is 1330. The zero-order chi connectivity index (χ0) is 28.3. The van der Waals surface area contributed by atoms with Crippen LogP contribution in [-0.4, -0.2) is 37.9 Å². The van der Waals surface area contributed by atoms with Gasteiger partial charge in [0.1, 0.15) is 0 Å². The van der Waals surface area contributed by atoms with E-state index in [-0.39, 0.29) is 22.5 Å². The van der Waals surface area contributed by atoms with E-state index in [1.165, 1.54) is 38.5 Å². The zero-order valence-corrected chi connectivity index (χ0v) is 25.9. The van der Waals surface area contributed by atoms with Crippen molar-refractivity contribution in [2.75, 3.05) is 0 Å². The lowest BCUT2D eigenvalue weighted by molar-refractivity contribution is -0.156. The van der Waals surface area contributed by atoms with Gasteiger partial charge in [-0.3, -0.25) is 9.78 Å². The first-order valence-corrected chi connectivity index (χ1v) is 16.8. The molecule has 8 saturated carbocycles. The average molecular weight is 618 g/mol. The van der Waals surface area contributed by atoms with Crippen LogP contribution in [0.15, 0.2) is 28.7 Å². The van der Waals surface area contributed by atoms with Gasteiger partial charge < -0.3 is 10.0 Å². The highest BCUT2D eigenvalue weighted by atomic mass is 79.9. The van der Waals surface area contributed by atoms with E-state index in [2.05, 4.69) is 20.8 Å². The number of amides is 1. The molecule has 1 N–H and O–H groups in total. The van der Waals surface area contributed by atoms with Crippen LogP contribution in [-0.2, 0) is 0 Å². The Morgan fingerprint density at radius 3 is 1.51 bits per heavy atom. The van der Waals surface area contributed by atoms with Crippen LogP contribution in [0.4, 0.5) is 0 Å². The minimum absolute atomic E-state index is 0.0688. The van der Waals surface area contributed by atoms with Gasteiger partial charge in [0.15, 0.2) is 0 Å². The van der Waals surface area contributed by atoms with E-state index in [0.29, 0.717) is 22.5 Å². The van der Waals surface area contributed by atoms with Crippen LogP contribution in [0.2, 0.25) is 0 Å². The Balaban J connectivity index is 1.35. The van der Waals surface area contributed by atoms with E-state index in [1.807, 2.05) is 31.2 Å². The van der Waals surface area contributed by atoms with Crippen LogP contribution < -0.4 is 0 Å². The molecule has 5 nitrogen and oxygen atoms in total. The molecule has 216 valence electrons. The molecule has 8 fully saturated rings. The van der Waals surface area contributed by atoms with Crippen molar-refractivity contribution in [3.8, 4) is 11.1 Å². The average Bonchev–Trinajstić information content (AvgIpc) is 2.86. The highest BCUT2D eigenvalue weighted by Crippen LogP contribution is 2.64. The molecule has 0 atom stereocenters. The first-order chi connectivity index (χ1) is 19.6. The summed E-state index contributed by atoms with van der Waals surface area (Å²) in [5.41, 5.74) is 2.96. The number of aromatic carboxylic acids is 1. The highest BCUT2D eigenvalue weighted by Gasteiger charge is 2.63. The van der Waals surface area contributed by atoms with E-state index in [4.69, 9.17) is 4.98 Å². The molecule has 0 saturated heterocycles. The number of pyridine rings is 1. The number of nitrogens with zero attached hydrogens (tertiary/aromatic N) is 2. The number of halogens is 1. The summed E-state index contributed by atoms with van der Waals surface area (Å²) in [5, 5.41) is 10.5. The van der Waals surface area contributed by atoms with Crippen LogP contribution in [0.25, 0.3) is 11.1 Å². The van der Waals surface area contributed by atoms with Crippen LogP contribution in [0.1, 0.15) is 109 Å². The predicted octanol–water partition coefficient (Wildman–Crippen LogP) is 8.21. The summed E-state index contributed by atoms with van der Waals surface area (Å²) in [6, 6.07) is 7.77. The van der Waals surface area contributed by atoms with Crippen LogP contribution >= 0.6 is 15.9 Å². The van der Waals surface area contributed by atoms with Gasteiger partial charge in [-0.05, 0) is 144 Å². The normalized spacial score (nSPS) is 37.9. The van der Waals surface area contributed by atoms with Crippen LogP contribution in [0.3, 0.4) is 0 Å². The zero-order valence-electron chi connectivity index (χ0n) is 24.3. The lowest BCUT2D eigenvalue weighted by Crippen LogP contribution is -2.71. The molecule has 1 amide bonds. The topological polar surface area (TPSA) is 70.5 Å². The molecule has 1 aromatic heterocycles. The summed E-state index contributed by atoms with van der Waals surface area (Å²) < 4.78 is 0.928. The molecular weight excluding hydrogens is 576 g/mol. The summed E-state index contributed by atoms with van der Waals surface area (Å²) in [6.07, 6.45) is 14.8. The van der Waals surface area contributed by atoms with Crippen molar-refractivity contribution >= 4 is 27.8 Å². The van der Waals surface area contributed by atoms with Gasteiger partial charge in [0, 0.05) is 21.1 Å². The lowest BCUT2D eigenvalue weighted by Gasteiger charge is -2.69. The lowest BCUT2D eigenvalue weighted by atomic mass is 9.48. The minimum Gasteiger partial charge on any atom is -0.478 e. The van der Waals surface area contributed by atoms with E-state index in [9.17, 15) is 9.90 Å². The van der Waals surface area contributed by atoms with Gasteiger partial charge in [-0.25, -0.2) is 4.79 Å². The van der Waals surface area contributed by atoms with Gasteiger partial charge in [-0.2, -0.15) is 0 Å². The number of rotatable bonds is 5. The molecule has 8 aliphatic carbocycles. The molecule has 10 rings (SSSR count). The number of aryl methyl sites for hydroxylation is 2. The van der Waals surface area contributed by atoms with E-state index in [1.54, 1.807) is 6.92 Å². The van der Waals surface area contributed by atoms with Gasteiger partial charge in [-0.15, -0.1) is 0 Å². The third-order valence-electron chi connectivity index (χ3n) is 12.3. The van der Waals surface area contributed by atoms with Crippen molar-refractivity contribution in [3.05, 3.63) is 51.3 Å². The largest absolute Gasteiger partial charge is 0.478 e. The predicted molar refractivity (Wildman–Crippen MR) is 162 cm³/mol. The van der Waals surface area contributed by atoms with E-state index in [0.717, 1.165) is 84.1 Å². The third-order valence-corrected chi connectivity index (χ3v) is 12.8. The van der Waals surface area contributed by atoms with Gasteiger partial charge in [0.05, 0.1) is 22.5 Å². The molecule has 0 spiro atoms. The fourth-order valence-electron chi connectivity index (χ4n) is 12.0. The van der Waals surface area contributed by atoms with Gasteiger partial charge in [0.25, 0.3) is 5.91 Å². The molecular formula is C35H41BrN2O3. The molecule has 0 unspecified atom stereocenters. The second-order valence-electron chi connectivity index (χ2n) is 15.1. The van der Waals surface area contributed by atoms with Crippen molar-refractivity contribution in [1.29, 1.82) is 0 Å². The molecule has 8 aliphatic rings. The molecule has 8 bridgehead atoms. The van der Waals surface area contributed by atoms with Gasteiger partial charge >= 0.3 is 5.97 Å². The monoisotopic (exact) mass is 616 g/mol. The second-order valence-corrected chi connectivity index (χ2v) is 16.1. The maximum atomic E-state index is 15.6. The summed E-state index contributed by atoms with van der Waals surface area (Å²) in [5.74, 6) is 3.40. The maximum absolute atomic E-state index is 15.6. The summed E-state index contributed by atoms with van der Waals surface area (Å²) in [4.78, 5) is 35.7. The molecule has 41 heavy (non-hydrogen) atoms. The van der Waals surface area contributed by atoms with Crippen LogP contribution in [0, 0.1) is 49.4 Å². The number of carboxylic acids is 1. The summed E-state index contributed by atoms with van der Waals surface area (Å²) in [7, 11) is 0. The Morgan fingerprint density at radius 2 is 1.12 bits per heavy atom. The first kappa shape index (κ1) is 26.4. The third kappa shape index (κ3) is 4.02. The van der Waals surface area contributed by atoms with Crippen LogP contribution in [0.5, 0.6) is 0 Å². The maximum Gasteiger partial charge on any atom is 0.338 e. The summed E-state index contributed by atoms with van der Waals surface area (Å²) in [6.45, 7) is 3.69. The second kappa shape index (κ2) is 9.14. The molecule has 1 heterocycles. The highest BCUT2D eigenvalue weighted by molar-refractivity contribution is 9.10. The van der Waals surface area contributed by atoms with E-state index < -0.39 is 5.97 Å². The van der Waals surface area contributed by atoms with Gasteiger partial charge in [0.2, 0.25) is 0 Å². The Labute approximate surface area is 251 Å². The van der Waals surface area contributed by atoms with Gasteiger partial charge in [-0.1, -0.05) is 28.1 Å². The smallest absolute Gasteiger partial charge is 0.338 e. The first-order valence-electron chi connectivity index (χ1n) is 16.0. The summed E-state index contributed by atoms with van der Waals surface area (Å²) >= 11 is 3.54. The minimum atomic E-state index is -1.02. The van der Waals surface area contributed by atoms with Crippen molar-refractivity contribution in [3.63, 3.8) is 0 Å². The molecule has 6 heteroatoms. The molecule has 2 aromatic rings. The quantitative estimate of drug-likeness (QED) is 0.367. The Hall–Kier alpha value is -2.21.